The topological polar surface area (TPSA) is 93.5 Å². The maximum atomic E-state index is 5.91. The Morgan fingerprint density at radius 1 is 1.11 bits per heavy atom. The number of hydrogen-bond donors (Lipinski definition) is 2. The van der Waals surface area contributed by atoms with E-state index in [1.807, 2.05) is 62.5 Å². The van der Waals surface area contributed by atoms with E-state index in [9.17, 15) is 0 Å². The fourth-order valence-corrected chi connectivity index (χ4v) is 3.13. The minimum Gasteiger partial charge on any atom is -0.418 e. The van der Waals surface area contributed by atoms with E-state index in [0.717, 1.165) is 33.3 Å². The highest BCUT2D eigenvalue weighted by Crippen LogP contribution is 2.31. The molecule has 0 fully saturated rings. The summed E-state index contributed by atoms with van der Waals surface area (Å²) < 4.78 is 7.69. The average molecular weight is 371 g/mol. The summed E-state index contributed by atoms with van der Waals surface area (Å²) in [5, 5.41) is 16.0. The first-order valence-electron chi connectivity index (χ1n) is 8.82. The molecule has 0 aliphatic rings. The number of rotatable bonds is 4. The third-order valence-corrected chi connectivity index (χ3v) is 4.46. The molecule has 0 spiro atoms. The standard InChI is InChI=1S/C20H17N7O/c1-12-5-3-7-17(22-12)28-20-14-9-8-13(11-16(14)27(2)26-20)23-19-18-15(24-25-19)6-4-10-21-18/h3-11H,1-2H3,(H2,23,24,25). The number of aromatic nitrogens is 6. The van der Waals surface area contributed by atoms with Gasteiger partial charge in [0, 0.05) is 30.7 Å². The number of aryl methyl sites for hydroxylation is 2. The van der Waals surface area contributed by atoms with Gasteiger partial charge in [-0.1, -0.05) is 6.07 Å². The van der Waals surface area contributed by atoms with E-state index in [4.69, 9.17) is 4.74 Å². The van der Waals surface area contributed by atoms with Crippen LogP contribution in [0.2, 0.25) is 0 Å². The molecular weight excluding hydrogens is 354 g/mol. The molecule has 1 aromatic carbocycles. The van der Waals surface area contributed by atoms with Crippen molar-refractivity contribution >= 4 is 33.4 Å². The molecule has 0 amide bonds. The zero-order valence-electron chi connectivity index (χ0n) is 15.3. The van der Waals surface area contributed by atoms with Crippen molar-refractivity contribution < 1.29 is 4.74 Å². The Morgan fingerprint density at radius 2 is 2.04 bits per heavy atom. The summed E-state index contributed by atoms with van der Waals surface area (Å²) in [6.45, 7) is 1.93. The lowest BCUT2D eigenvalue weighted by Crippen LogP contribution is -1.94. The molecular formula is C20H17N7O. The molecule has 0 aliphatic carbocycles. The Bertz CT molecular complexity index is 1300. The number of pyridine rings is 2. The molecule has 28 heavy (non-hydrogen) atoms. The molecule has 0 bridgehead atoms. The fourth-order valence-electron chi connectivity index (χ4n) is 3.13. The lowest BCUT2D eigenvalue weighted by Gasteiger charge is -2.05. The molecule has 2 N–H and O–H groups in total. The van der Waals surface area contributed by atoms with Crippen molar-refractivity contribution in [2.75, 3.05) is 5.32 Å². The second kappa shape index (κ2) is 6.34. The SMILES string of the molecule is Cc1cccc(Oc2nn(C)c3cc(Nc4n[nH]c5cccnc45)ccc23)n1. The monoisotopic (exact) mass is 371 g/mol. The molecule has 5 aromatic rings. The zero-order valence-corrected chi connectivity index (χ0v) is 15.3. The minimum absolute atomic E-state index is 0.522. The van der Waals surface area contributed by atoms with Crippen molar-refractivity contribution in [3.8, 4) is 11.8 Å². The number of H-pyrrole nitrogens is 1. The molecule has 138 valence electrons. The van der Waals surface area contributed by atoms with E-state index in [1.165, 1.54) is 0 Å². The van der Waals surface area contributed by atoms with Gasteiger partial charge in [0.25, 0.3) is 0 Å². The van der Waals surface area contributed by atoms with Crippen molar-refractivity contribution in [2.45, 2.75) is 6.92 Å². The average Bonchev–Trinajstić information content (AvgIpc) is 3.23. The number of fused-ring (bicyclic) bond motifs is 2. The Morgan fingerprint density at radius 3 is 2.93 bits per heavy atom. The lowest BCUT2D eigenvalue weighted by molar-refractivity contribution is 0.440. The van der Waals surface area contributed by atoms with Crippen LogP contribution in [0.5, 0.6) is 11.8 Å². The van der Waals surface area contributed by atoms with E-state index < -0.39 is 0 Å². The van der Waals surface area contributed by atoms with Gasteiger partial charge >= 0.3 is 0 Å². The number of nitrogens with one attached hydrogen (secondary N) is 2. The molecule has 0 aliphatic heterocycles. The predicted molar refractivity (Wildman–Crippen MR) is 107 cm³/mol. The van der Waals surface area contributed by atoms with Gasteiger partial charge in [0.2, 0.25) is 11.8 Å². The third-order valence-electron chi connectivity index (χ3n) is 4.46. The van der Waals surface area contributed by atoms with E-state index >= 15 is 0 Å². The van der Waals surface area contributed by atoms with Gasteiger partial charge in [0.1, 0.15) is 5.52 Å². The molecule has 0 atom stereocenters. The van der Waals surface area contributed by atoms with Gasteiger partial charge in [0.05, 0.1) is 16.4 Å². The second-order valence-electron chi connectivity index (χ2n) is 6.48. The van der Waals surface area contributed by atoms with E-state index in [-0.39, 0.29) is 0 Å². The fraction of sp³-hybridized carbons (Fsp3) is 0.100. The highest BCUT2D eigenvalue weighted by molar-refractivity contribution is 5.91. The van der Waals surface area contributed by atoms with Gasteiger partial charge in [-0.25, -0.2) is 4.98 Å². The third kappa shape index (κ3) is 2.81. The zero-order chi connectivity index (χ0) is 19.1. The number of anilines is 2. The largest absolute Gasteiger partial charge is 0.418 e. The predicted octanol–water partition coefficient (Wildman–Crippen LogP) is 4.08. The van der Waals surface area contributed by atoms with Crippen LogP contribution < -0.4 is 10.1 Å². The first kappa shape index (κ1) is 16.2. The first-order chi connectivity index (χ1) is 13.7. The van der Waals surface area contributed by atoms with Crippen LogP contribution in [0.4, 0.5) is 11.5 Å². The number of aromatic amines is 1. The maximum absolute atomic E-state index is 5.91. The van der Waals surface area contributed by atoms with Crippen LogP contribution in [0, 0.1) is 6.92 Å². The molecule has 0 saturated carbocycles. The van der Waals surface area contributed by atoms with Crippen LogP contribution in [0.1, 0.15) is 5.69 Å². The molecule has 4 aromatic heterocycles. The number of hydrogen-bond acceptors (Lipinski definition) is 6. The quantitative estimate of drug-likeness (QED) is 0.494. The molecule has 0 radical (unpaired) electrons. The van der Waals surface area contributed by atoms with E-state index in [2.05, 4.69) is 30.6 Å². The molecule has 0 saturated heterocycles. The molecule has 8 heteroatoms. The minimum atomic E-state index is 0.522. The van der Waals surface area contributed by atoms with Gasteiger partial charge in [0.15, 0.2) is 5.82 Å². The molecule has 4 heterocycles. The number of nitrogens with zero attached hydrogens (tertiary/aromatic N) is 5. The molecule has 8 nitrogen and oxygen atoms in total. The normalized spacial score (nSPS) is 11.2. The summed E-state index contributed by atoms with van der Waals surface area (Å²) in [5.74, 6) is 1.72. The van der Waals surface area contributed by atoms with Crippen molar-refractivity contribution in [3.63, 3.8) is 0 Å². The summed E-state index contributed by atoms with van der Waals surface area (Å²) in [4.78, 5) is 8.75. The van der Waals surface area contributed by atoms with Gasteiger partial charge in [-0.3, -0.25) is 14.8 Å². The van der Waals surface area contributed by atoms with Gasteiger partial charge in [-0.05, 0) is 43.3 Å². The van der Waals surface area contributed by atoms with Crippen LogP contribution >= 0.6 is 0 Å². The van der Waals surface area contributed by atoms with Gasteiger partial charge in [-0.2, -0.15) is 5.10 Å². The van der Waals surface area contributed by atoms with Crippen LogP contribution in [-0.4, -0.2) is 29.9 Å². The van der Waals surface area contributed by atoms with Crippen LogP contribution in [0.25, 0.3) is 21.9 Å². The molecule has 5 rings (SSSR count). The van der Waals surface area contributed by atoms with Crippen LogP contribution in [0.3, 0.4) is 0 Å². The summed E-state index contributed by atoms with van der Waals surface area (Å²) in [6, 6.07) is 15.4. The summed E-state index contributed by atoms with van der Waals surface area (Å²) in [6.07, 6.45) is 1.75. The Hall–Kier alpha value is -3.94. The van der Waals surface area contributed by atoms with Crippen molar-refractivity contribution in [1.82, 2.24) is 29.9 Å². The van der Waals surface area contributed by atoms with Crippen molar-refractivity contribution in [1.29, 1.82) is 0 Å². The smallest absolute Gasteiger partial charge is 0.247 e. The summed E-state index contributed by atoms with van der Waals surface area (Å²) >= 11 is 0. The Labute approximate surface area is 160 Å². The highest BCUT2D eigenvalue weighted by Gasteiger charge is 2.13. The van der Waals surface area contributed by atoms with Gasteiger partial charge in [-0.15, -0.1) is 5.10 Å². The molecule has 0 unspecified atom stereocenters. The van der Waals surface area contributed by atoms with Gasteiger partial charge < -0.3 is 10.1 Å². The van der Waals surface area contributed by atoms with Crippen molar-refractivity contribution in [2.24, 2.45) is 7.05 Å². The number of ether oxygens (including phenoxy) is 1. The van der Waals surface area contributed by atoms with E-state index in [1.54, 1.807) is 10.9 Å². The number of benzene rings is 1. The highest BCUT2D eigenvalue weighted by atomic mass is 16.5. The van der Waals surface area contributed by atoms with Crippen LogP contribution in [0.15, 0.2) is 54.7 Å². The van der Waals surface area contributed by atoms with Crippen molar-refractivity contribution in [3.05, 3.63) is 60.4 Å². The maximum Gasteiger partial charge on any atom is 0.247 e. The second-order valence-corrected chi connectivity index (χ2v) is 6.48. The Balaban J connectivity index is 1.49. The van der Waals surface area contributed by atoms with E-state index in [0.29, 0.717) is 17.6 Å². The first-order valence-corrected chi connectivity index (χ1v) is 8.82. The Kier molecular flexibility index (Phi) is 3.68. The van der Waals surface area contributed by atoms with Crippen LogP contribution in [-0.2, 0) is 7.05 Å². The lowest BCUT2D eigenvalue weighted by atomic mass is 10.2. The summed E-state index contributed by atoms with van der Waals surface area (Å²) in [5.41, 5.74) is 4.38. The summed E-state index contributed by atoms with van der Waals surface area (Å²) in [7, 11) is 1.88.